The molecule has 3 aromatic carbocycles. The zero-order valence-electron chi connectivity index (χ0n) is 18.4. The predicted molar refractivity (Wildman–Crippen MR) is 130 cm³/mol. The zero-order valence-corrected chi connectivity index (χ0v) is 19.2. The number of carbonyl (C=O) groups excluding carboxylic acids is 1. The Morgan fingerprint density at radius 2 is 1.64 bits per heavy atom. The molecule has 6 nitrogen and oxygen atoms in total. The fourth-order valence-electron chi connectivity index (χ4n) is 3.78. The lowest BCUT2D eigenvalue weighted by atomic mass is 10.0. The van der Waals surface area contributed by atoms with Gasteiger partial charge in [-0.15, -0.1) is 0 Å². The molecule has 0 aliphatic heterocycles. The normalized spacial score (nSPS) is 12.5. The molecule has 1 heterocycles. The fourth-order valence-corrected chi connectivity index (χ4v) is 4.97. The Balaban J connectivity index is 1.54. The van der Waals surface area contributed by atoms with Crippen LogP contribution in [0.3, 0.4) is 0 Å². The van der Waals surface area contributed by atoms with Crippen molar-refractivity contribution in [3.05, 3.63) is 102 Å². The third-order valence-corrected chi connectivity index (χ3v) is 7.09. The van der Waals surface area contributed by atoms with Gasteiger partial charge in [0.2, 0.25) is 15.9 Å². The number of H-pyrrole nitrogens is 1. The van der Waals surface area contributed by atoms with Gasteiger partial charge in [-0.2, -0.15) is 4.72 Å². The lowest BCUT2D eigenvalue weighted by Crippen LogP contribution is -2.48. The summed E-state index contributed by atoms with van der Waals surface area (Å²) in [6, 6.07) is 23.2. The highest BCUT2D eigenvalue weighted by atomic mass is 32.2. The van der Waals surface area contributed by atoms with Gasteiger partial charge >= 0.3 is 0 Å². The maximum atomic E-state index is 13.1. The molecule has 1 atom stereocenters. The van der Waals surface area contributed by atoms with Crippen molar-refractivity contribution in [1.82, 2.24) is 15.0 Å². The van der Waals surface area contributed by atoms with Crippen LogP contribution in [0.1, 0.15) is 16.7 Å². The van der Waals surface area contributed by atoms with Gasteiger partial charge in [0.25, 0.3) is 0 Å². The van der Waals surface area contributed by atoms with E-state index in [1.165, 1.54) is 0 Å². The Kier molecular flexibility index (Phi) is 6.91. The predicted octanol–water partition coefficient (Wildman–Crippen LogP) is 3.72. The van der Waals surface area contributed by atoms with Crippen LogP contribution in [0.5, 0.6) is 0 Å². The van der Waals surface area contributed by atoms with E-state index in [-0.39, 0.29) is 17.2 Å². The number of rotatable bonds is 9. The number of benzene rings is 3. The lowest BCUT2D eigenvalue weighted by molar-refractivity contribution is -0.122. The molecule has 0 fully saturated rings. The van der Waals surface area contributed by atoms with E-state index in [9.17, 15) is 13.2 Å². The average molecular weight is 462 g/mol. The van der Waals surface area contributed by atoms with Gasteiger partial charge in [0.15, 0.2) is 0 Å². The van der Waals surface area contributed by atoms with Gasteiger partial charge in [0.1, 0.15) is 6.04 Å². The smallest absolute Gasteiger partial charge is 0.241 e. The first-order chi connectivity index (χ1) is 15.9. The molecule has 0 unspecified atom stereocenters. The molecule has 4 rings (SSSR count). The number of aromatic amines is 1. The highest BCUT2D eigenvalue weighted by Crippen LogP contribution is 2.20. The molecule has 3 N–H and O–H groups in total. The van der Waals surface area contributed by atoms with E-state index < -0.39 is 16.1 Å². The molecule has 170 valence electrons. The van der Waals surface area contributed by atoms with Gasteiger partial charge in [0.05, 0.1) is 4.90 Å². The van der Waals surface area contributed by atoms with Crippen LogP contribution < -0.4 is 10.0 Å². The number of carbonyl (C=O) groups is 1. The van der Waals surface area contributed by atoms with Gasteiger partial charge in [0, 0.05) is 23.6 Å². The molecule has 0 saturated heterocycles. The van der Waals surface area contributed by atoms with Crippen molar-refractivity contribution >= 4 is 26.8 Å². The summed E-state index contributed by atoms with van der Waals surface area (Å²) in [6.45, 7) is 2.31. The number of fused-ring (bicyclic) bond motifs is 1. The second-order valence-corrected chi connectivity index (χ2v) is 9.79. The number of para-hydroxylation sites is 1. The monoisotopic (exact) mass is 461 g/mol. The van der Waals surface area contributed by atoms with Crippen LogP contribution in [0.25, 0.3) is 10.9 Å². The van der Waals surface area contributed by atoms with E-state index >= 15 is 0 Å². The van der Waals surface area contributed by atoms with E-state index in [0.717, 1.165) is 27.6 Å². The number of nitrogens with one attached hydrogen (secondary N) is 3. The molecule has 7 heteroatoms. The Morgan fingerprint density at radius 3 is 2.39 bits per heavy atom. The molecule has 1 amide bonds. The highest BCUT2D eigenvalue weighted by Gasteiger charge is 2.26. The van der Waals surface area contributed by atoms with Gasteiger partial charge in [-0.1, -0.05) is 66.2 Å². The second kappa shape index (κ2) is 10.0. The van der Waals surface area contributed by atoms with Crippen LogP contribution >= 0.6 is 0 Å². The van der Waals surface area contributed by atoms with E-state index in [0.29, 0.717) is 13.0 Å². The molecule has 4 aromatic rings. The van der Waals surface area contributed by atoms with Crippen molar-refractivity contribution in [2.24, 2.45) is 0 Å². The van der Waals surface area contributed by atoms with Crippen molar-refractivity contribution in [2.75, 3.05) is 6.54 Å². The third kappa shape index (κ3) is 5.69. The van der Waals surface area contributed by atoms with Crippen LogP contribution in [0.4, 0.5) is 0 Å². The average Bonchev–Trinajstić information content (AvgIpc) is 3.22. The van der Waals surface area contributed by atoms with Crippen molar-refractivity contribution in [3.8, 4) is 0 Å². The summed E-state index contributed by atoms with van der Waals surface area (Å²) in [7, 11) is -3.88. The molecule has 0 aliphatic rings. The zero-order chi connectivity index (χ0) is 23.3. The van der Waals surface area contributed by atoms with Crippen LogP contribution in [-0.4, -0.2) is 31.9 Å². The minimum Gasteiger partial charge on any atom is -0.361 e. The number of hydrogen-bond acceptors (Lipinski definition) is 3. The summed E-state index contributed by atoms with van der Waals surface area (Å²) in [6.07, 6.45) is 2.72. The molecule has 33 heavy (non-hydrogen) atoms. The molecule has 0 bridgehead atoms. The van der Waals surface area contributed by atoms with Gasteiger partial charge in [-0.3, -0.25) is 4.79 Å². The number of aromatic nitrogens is 1. The van der Waals surface area contributed by atoms with E-state index in [2.05, 4.69) is 15.0 Å². The largest absolute Gasteiger partial charge is 0.361 e. The maximum absolute atomic E-state index is 13.1. The van der Waals surface area contributed by atoms with E-state index in [1.54, 1.807) is 24.3 Å². The number of amides is 1. The minimum absolute atomic E-state index is 0.133. The Labute approximate surface area is 194 Å². The van der Waals surface area contributed by atoms with Gasteiger partial charge in [-0.25, -0.2) is 8.42 Å². The van der Waals surface area contributed by atoms with Crippen molar-refractivity contribution in [3.63, 3.8) is 0 Å². The number of sulfonamides is 1. The standard InChI is InChI=1S/C26H27N3O3S/c1-19-11-13-22(14-12-19)33(31,32)29-25(17-21-18-28-24-10-6-5-9-23(21)24)26(30)27-16-15-20-7-3-2-4-8-20/h2-14,18,25,28-29H,15-17H2,1H3,(H,27,30)/t25-/m0/s1. The summed E-state index contributed by atoms with van der Waals surface area (Å²) < 4.78 is 28.7. The fraction of sp³-hybridized carbons (Fsp3) is 0.192. The summed E-state index contributed by atoms with van der Waals surface area (Å²) in [4.78, 5) is 16.4. The second-order valence-electron chi connectivity index (χ2n) is 8.08. The van der Waals surface area contributed by atoms with E-state index in [4.69, 9.17) is 0 Å². The lowest BCUT2D eigenvalue weighted by Gasteiger charge is -2.19. The summed E-state index contributed by atoms with van der Waals surface area (Å²) in [5.74, 6) is -0.355. The quantitative estimate of drug-likeness (QED) is 0.355. The molecule has 1 aromatic heterocycles. The first-order valence-electron chi connectivity index (χ1n) is 10.9. The SMILES string of the molecule is Cc1ccc(S(=O)(=O)N[C@@H](Cc2c[nH]c3ccccc23)C(=O)NCCc2ccccc2)cc1. The number of aryl methyl sites for hydroxylation is 1. The van der Waals surface area contributed by atoms with E-state index in [1.807, 2.05) is 67.7 Å². The highest BCUT2D eigenvalue weighted by molar-refractivity contribution is 7.89. The molecule has 0 spiro atoms. The number of hydrogen-bond donors (Lipinski definition) is 3. The first kappa shape index (κ1) is 22.8. The topological polar surface area (TPSA) is 91.1 Å². The maximum Gasteiger partial charge on any atom is 0.241 e. The Hall–Kier alpha value is -3.42. The van der Waals surface area contributed by atoms with Gasteiger partial charge in [-0.05, 0) is 49.1 Å². The third-order valence-electron chi connectivity index (χ3n) is 5.60. The molecule has 0 saturated carbocycles. The van der Waals surface area contributed by atoms with Gasteiger partial charge < -0.3 is 10.3 Å². The summed E-state index contributed by atoms with van der Waals surface area (Å²) in [5, 5.41) is 3.87. The van der Waals surface area contributed by atoms with Crippen molar-refractivity contribution in [2.45, 2.75) is 30.7 Å². The Morgan fingerprint density at radius 1 is 0.939 bits per heavy atom. The summed E-state index contributed by atoms with van der Waals surface area (Å²) >= 11 is 0. The molecular formula is C26H27N3O3S. The van der Waals surface area contributed by atoms with Crippen molar-refractivity contribution < 1.29 is 13.2 Å². The van der Waals surface area contributed by atoms with Crippen LogP contribution in [0, 0.1) is 6.92 Å². The Bertz CT molecular complexity index is 1330. The first-order valence-corrected chi connectivity index (χ1v) is 12.4. The van der Waals surface area contributed by atoms with Crippen LogP contribution in [-0.2, 0) is 27.7 Å². The summed E-state index contributed by atoms with van der Waals surface area (Å²) in [5.41, 5.74) is 3.88. The molecule has 0 aliphatic carbocycles. The molecule has 0 radical (unpaired) electrons. The molecular weight excluding hydrogens is 434 g/mol. The van der Waals surface area contributed by atoms with Crippen molar-refractivity contribution in [1.29, 1.82) is 0 Å². The minimum atomic E-state index is -3.88. The van der Waals surface area contributed by atoms with Crippen LogP contribution in [0.15, 0.2) is 90.0 Å². The van der Waals surface area contributed by atoms with Crippen LogP contribution in [0.2, 0.25) is 0 Å².